The summed E-state index contributed by atoms with van der Waals surface area (Å²) in [5, 5.41) is 0. The highest BCUT2D eigenvalue weighted by Gasteiger charge is 2.45. The first-order valence-corrected chi connectivity index (χ1v) is 9.71. The molecule has 1 nitrogen and oxygen atoms in total. The van der Waals surface area contributed by atoms with Crippen LogP contribution in [0.1, 0.15) is 29.2 Å². The molecule has 0 saturated heterocycles. The van der Waals surface area contributed by atoms with Crippen LogP contribution in [0.15, 0.2) is 34.8 Å². The molecule has 0 saturated carbocycles. The molecule has 3 rings (SSSR count). The molecule has 1 aliphatic rings. The maximum absolute atomic E-state index is 6.01. The molecule has 0 fully saturated rings. The Bertz CT molecular complexity index is 799. The minimum atomic E-state index is -0.668. The quantitative estimate of drug-likeness (QED) is 0.396. The molecule has 2 aromatic carbocycles. The van der Waals surface area contributed by atoms with Crippen LogP contribution < -0.4 is 0 Å². The van der Waals surface area contributed by atoms with E-state index in [0.717, 1.165) is 10.0 Å². The Morgan fingerprint density at radius 3 is 2.26 bits per heavy atom. The highest BCUT2D eigenvalue weighted by molar-refractivity contribution is 9.10. The van der Waals surface area contributed by atoms with Gasteiger partial charge in [-0.25, -0.2) is 0 Å². The van der Waals surface area contributed by atoms with Crippen molar-refractivity contribution >= 4 is 31.9 Å². The van der Waals surface area contributed by atoms with Gasteiger partial charge >= 0.3 is 0 Å². The van der Waals surface area contributed by atoms with Gasteiger partial charge in [-0.05, 0) is 54.9 Å². The van der Waals surface area contributed by atoms with Crippen LogP contribution in [-0.4, -0.2) is 12.9 Å². The lowest BCUT2D eigenvalue weighted by Gasteiger charge is -2.27. The summed E-state index contributed by atoms with van der Waals surface area (Å²) in [5.74, 6) is 8.22. The molecular formula is C20H20Br2O. The molecule has 0 heterocycles. The maximum Gasteiger partial charge on any atom is 0.181 e. The number of methoxy groups -OCH3 is 1. The van der Waals surface area contributed by atoms with Crippen molar-refractivity contribution in [1.82, 2.24) is 0 Å². The van der Waals surface area contributed by atoms with Crippen molar-refractivity contribution in [2.75, 3.05) is 12.9 Å². The fraction of sp³-hybridized carbons (Fsp3) is 0.300. The van der Waals surface area contributed by atoms with E-state index in [-0.39, 0.29) is 0 Å². The lowest BCUT2D eigenvalue weighted by atomic mass is 9.87. The molecule has 120 valence electrons. The number of aryl methyl sites for hydroxylation is 1. The Hall–Kier alpha value is -1.08. The molecule has 1 aliphatic carbocycles. The fourth-order valence-corrected chi connectivity index (χ4v) is 3.74. The van der Waals surface area contributed by atoms with Crippen molar-refractivity contribution in [2.45, 2.75) is 26.4 Å². The first-order valence-electron chi connectivity index (χ1n) is 7.33. The van der Waals surface area contributed by atoms with Gasteiger partial charge in [0.2, 0.25) is 0 Å². The Morgan fingerprint density at radius 2 is 1.65 bits per heavy atom. The van der Waals surface area contributed by atoms with Crippen molar-refractivity contribution in [3.63, 3.8) is 0 Å². The summed E-state index contributed by atoms with van der Waals surface area (Å²) in [7, 11) is 1.75. The predicted molar refractivity (Wildman–Crippen MR) is 105 cm³/mol. The summed E-state index contributed by atoms with van der Waals surface area (Å²) in [6, 6.07) is 10.6. The third-order valence-corrected chi connectivity index (χ3v) is 5.13. The van der Waals surface area contributed by atoms with E-state index >= 15 is 0 Å². The summed E-state index contributed by atoms with van der Waals surface area (Å²) < 4.78 is 7.10. The SMILES string of the molecule is CBr.CC#CC1(OC)c2c(C)cccc2-c2ccc(Br)c(C)c21. The Morgan fingerprint density at radius 1 is 1.00 bits per heavy atom. The van der Waals surface area contributed by atoms with Gasteiger partial charge in [-0.1, -0.05) is 62.0 Å². The number of halogens is 2. The van der Waals surface area contributed by atoms with Gasteiger partial charge in [-0.2, -0.15) is 0 Å². The molecule has 0 bridgehead atoms. The molecule has 2 aromatic rings. The summed E-state index contributed by atoms with van der Waals surface area (Å²) >= 11 is 6.58. The van der Waals surface area contributed by atoms with E-state index < -0.39 is 5.60 Å². The molecule has 0 radical (unpaired) electrons. The second-order valence-electron chi connectivity index (χ2n) is 5.35. The first kappa shape index (κ1) is 18.3. The highest BCUT2D eigenvalue weighted by Crippen LogP contribution is 2.52. The number of benzene rings is 2. The number of ether oxygens (including phenoxy) is 1. The van der Waals surface area contributed by atoms with E-state index in [4.69, 9.17) is 4.74 Å². The van der Waals surface area contributed by atoms with Gasteiger partial charge in [-0.3, -0.25) is 0 Å². The van der Waals surface area contributed by atoms with Gasteiger partial charge < -0.3 is 4.74 Å². The van der Waals surface area contributed by atoms with E-state index in [0.29, 0.717) is 0 Å². The van der Waals surface area contributed by atoms with Crippen molar-refractivity contribution in [3.05, 3.63) is 57.1 Å². The molecule has 3 heteroatoms. The zero-order valence-electron chi connectivity index (χ0n) is 14.1. The lowest BCUT2D eigenvalue weighted by molar-refractivity contribution is 0.0770. The molecule has 0 aliphatic heterocycles. The van der Waals surface area contributed by atoms with Gasteiger partial charge in [0.1, 0.15) is 0 Å². The number of hydrogen-bond acceptors (Lipinski definition) is 1. The minimum Gasteiger partial charge on any atom is -0.357 e. The van der Waals surface area contributed by atoms with Crippen molar-refractivity contribution in [1.29, 1.82) is 0 Å². The molecule has 1 atom stereocenters. The van der Waals surface area contributed by atoms with Crippen LogP contribution in [-0.2, 0) is 10.3 Å². The van der Waals surface area contributed by atoms with Crippen LogP contribution in [0.25, 0.3) is 11.1 Å². The Labute approximate surface area is 155 Å². The number of fused-ring (bicyclic) bond motifs is 3. The third-order valence-electron chi connectivity index (χ3n) is 4.27. The number of alkyl halides is 1. The van der Waals surface area contributed by atoms with E-state index in [1.807, 2.05) is 12.8 Å². The minimum absolute atomic E-state index is 0.668. The highest BCUT2D eigenvalue weighted by atomic mass is 79.9. The summed E-state index contributed by atoms with van der Waals surface area (Å²) in [6.45, 7) is 6.11. The molecule has 0 spiro atoms. The molecule has 23 heavy (non-hydrogen) atoms. The molecule has 1 unspecified atom stereocenters. The van der Waals surface area contributed by atoms with Crippen LogP contribution in [0.4, 0.5) is 0 Å². The monoisotopic (exact) mass is 434 g/mol. The summed E-state index contributed by atoms with van der Waals surface area (Å²) in [6.07, 6.45) is 0. The zero-order valence-corrected chi connectivity index (χ0v) is 17.2. The van der Waals surface area contributed by atoms with Crippen LogP contribution in [0.2, 0.25) is 0 Å². The van der Waals surface area contributed by atoms with Gasteiger partial charge in [-0.15, -0.1) is 5.92 Å². The van der Waals surface area contributed by atoms with E-state index in [9.17, 15) is 0 Å². The fourth-order valence-electron chi connectivity index (χ4n) is 3.41. The van der Waals surface area contributed by atoms with E-state index in [1.165, 1.54) is 27.8 Å². The average Bonchev–Trinajstić information content (AvgIpc) is 2.86. The maximum atomic E-state index is 6.01. The molecular weight excluding hydrogens is 416 g/mol. The topological polar surface area (TPSA) is 9.23 Å². The van der Waals surface area contributed by atoms with Gasteiger partial charge in [0, 0.05) is 22.7 Å². The number of rotatable bonds is 1. The second kappa shape index (κ2) is 7.21. The van der Waals surface area contributed by atoms with Gasteiger partial charge in [0.25, 0.3) is 0 Å². The lowest BCUT2D eigenvalue weighted by Crippen LogP contribution is -2.27. The molecule has 0 N–H and O–H groups in total. The predicted octanol–water partition coefficient (Wildman–Crippen LogP) is 5.97. The van der Waals surface area contributed by atoms with E-state index in [1.54, 1.807) is 7.11 Å². The largest absolute Gasteiger partial charge is 0.357 e. The van der Waals surface area contributed by atoms with Crippen molar-refractivity contribution in [3.8, 4) is 23.0 Å². The van der Waals surface area contributed by atoms with Crippen LogP contribution >= 0.6 is 31.9 Å². The van der Waals surface area contributed by atoms with Crippen LogP contribution in [0.5, 0.6) is 0 Å². The van der Waals surface area contributed by atoms with Gasteiger partial charge in [0.05, 0.1) is 0 Å². The smallest absolute Gasteiger partial charge is 0.181 e. The zero-order chi connectivity index (χ0) is 17.2. The normalized spacial score (nSPS) is 17.3. The average molecular weight is 436 g/mol. The van der Waals surface area contributed by atoms with Gasteiger partial charge in [0.15, 0.2) is 5.60 Å². The third kappa shape index (κ3) is 2.67. The van der Waals surface area contributed by atoms with Crippen LogP contribution in [0.3, 0.4) is 0 Å². The van der Waals surface area contributed by atoms with Crippen LogP contribution in [0, 0.1) is 25.7 Å². The molecule has 0 aromatic heterocycles. The number of hydrogen-bond donors (Lipinski definition) is 0. The van der Waals surface area contributed by atoms with Crippen molar-refractivity contribution < 1.29 is 4.74 Å². The van der Waals surface area contributed by atoms with Crippen molar-refractivity contribution in [2.24, 2.45) is 0 Å². The molecule has 0 amide bonds. The first-order chi connectivity index (χ1) is 11.1. The summed E-state index contributed by atoms with van der Waals surface area (Å²) in [5.41, 5.74) is 6.52. The standard InChI is InChI=1S/C19H17BrO.CH3Br/c1-5-11-19(21-4)17-12(2)7-6-8-14(17)15-9-10-16(20)13(3)18(15)19;1-2/h6-10H,1-4H3;1H3. The second-order valence-corrected chi connectivity index (χ2v) is 6.21. The Balaban J connectivity index is 0.000000924. The van der Waals surface area contributed by atoms with E-state index in [2.05, 4.69) is 87.9 Å². The Kier molecular flexibility index (Phi) is 5.73. The summed E-state index contributed by atoms with van der Waals surface area (Å²) in [4.78, 5) is 0.